The highest BCUT2D eigenvalue weighted by molar-refractivity contribution is 7.92. The van der Waals surface area contributed by atoms with Crippen molar-refractivity contribution in [2.24, 2.45) is 0 Å². The second kappa shape index (κ2) is 7.01. The van der Waals surface area contributed by atoms with E-state index < -0.39 is 16.0 Å². The lowest BCUT2D eigenvalue weighted by atomic mass is 10.3. The van der Waals surface area contributed by atoms with Crippen LogP contribution < -0.4 is 14.2 Å². The van der Waals surface area contributed by atoms with Crippen LogP contribution in [0.3, 0.4) is 0 Å². The second-order valence-electron chi connectivity index (χ2n) is 5.27. The van der Waals surface area contributed by atoms with E-state index >= 15 is 0 Å². The molecule has 1 aliphatic rings. The number of nitrogens with one attached hydrogen (secondary N) is 1. The average molecular weight is 367 g/mol. The number of carbonyl (C=O) groups excluding carboxylic acids is 1. The number of carbonyl (C=O) groups is 1. The summed E-state index contributed by atoms with van der Waals surface area (Å²) in [5.74, 6) is 0.421. The third-order valence-corrected chi connectivity index (χ3v) is 4.81. The maximum Gasteiger partial charge on any atom is 0.327 e. The minimum atomic E-state index is -3.83. The van der Waals surface area contributed by atoms with Crippen LogP contribution in [0.2, 0.25) is 0 Å². The molecule has 0 saturated heterocycles. The van der Waals surface area contributed by atoms with Gasteiger partial charge in [-0.05, 0) is 12.1 Å². The Hall–Kier alpha value is -2.75. The summed E-state index contributed by atoms with van der Waals surface area (Å²) in [6.07, 6.45) is 3.44. The zero-order chi connectivity index (χ0) is 17.9. The predicted molar refractivity (Wildman–Crippen MR) is 87.1 cm³/mol. The molecule has 0 atom stereocenters. The molecule has 25 heavy (non-hydrogen) atoms. The Labute approximate surface area is 144 Å². The Kier molecular flexibility index (Phi) is 4.79. The summed E-state index contributed by atoms with van der Waals surface area (Å²) in [7, 11) is -2.57. The molecule has 1 aromatic heterocycles. The van der Waals surface area contributed by atoms with E-state index in [-0.39, 0.29) is 17.1 Å². The molecule has 3 rings (SSSR count). The minimum absolute atomic E-state index is 0.0393. The Bertz CT molecular complexity index is 877. The molecule has 0 unspecified atom stereocenters. The van der Waals surface area contributed by atoms with E-state index in [2.05, 4.69) is 14.6 Å². The van der Waals surface area contributed by atoms with Crippen LogP contribution in [0.5, 0.6) is 11.5 Å². The number of hydrogen-bond acceptors (Lipinski definition) is 7. The molecule has 0 amide bonds. The monoisotopic (exact) mass is 367 g/mol. The molecule has 2 heterocycles. The molecule has 1 aliphatic heterocycles. The molecule has 0 radical (unpaired) electrons. The summed E-state index contributed by atoms with van der Waals surface area (Å²) in [6, 6.07) is 4.42. The van der Waals surface area contributed by atoms with Crippen molar-refractivity contribution < 1.29 is 27.4 Å². The van der Waals surface area contributed by atoms with Crippen molar-refractivity contribution in [2.75, 3.05) is 25.0 Å². The topological polar surface area (TPSA) is 109 Å². The quantitative estimate of drug-likeness (QED) is 0.786. The molecule has 0 saturated carbocycles. The first kappa shape index (κ1) is 17.1. The van der Waals surface area contributed by atoms with E-state index in [1.165, 1.54) is 36.3 Å². The SMILES string of the molecule is COC(=O)Cn1cc(NS(=O)(=O)c2ccc3c(c2)OCCCO3)cn1. The Morgan fingerprint density at radius 3 is 2.84 bits per heavy atom. The highest BCUT2D eigenvalue weighted by atomic mass is 32.2. The van der Waals surface area contributed by atoms with Crippen molar-refractivity contribution in [2.45, 2.75) is 17.9 Å². The lowest BCUT2D eigenvalue weighted by Crippen LogP contribution is -2.13. The standard InChI is InChI=1S/C15H17N3O6S/c1-22-15(19)10-18-9-11(8-16-18)17-25(20,21)12-3-4-13-14(7-12)24-6-2-5-23-13/h3-4,7-9,17H,2,5-6,10H2,1H3. The van der Waals surface area contributed by atoms with Gasteiger partial charge in [0.05, 0.1) is 37.1 Å². The van der Waals surface area contributed by atoms with Gasteiger partial charge < -0.3 is 14.2 Å². The fourth-order valence-corrected chi connectivity index (χ4v) is 3.27. The third-order valence-electron chi connectivity index (χ3n) is 3.43. The van der Waals surface area contributed by atoms with E-state index in [9.17, 15) is 13.2 Å². The molecule has 10 heteroatoms. The van der Waals surface area contributed by atoms with Gasteiger partial charge in [-0.1, -0.05) is 0 Å². The van der Waals surface area contributed by atoms with Crippen LogP contribution in [0.15, 0.2) is 35.5 Å². The summed E-state index contributed by atoms with van der Waals surface area (Å²) < 4.78 is 44.3. The summed E-state index contributed by atoms with van der Waals surface area (Å²) >= 11 is 0. The van der Waals surface area contributed by atoms with E-state index in [4.69, 9.17) is 9.47 Å². The number of hydrogen-bond donors (Lipinski definition) is 1. The van der Waals surface area contributed by atoms with Crippen molar-refractivity contribution in [1.29, 1.82) is 0 Å². The smallest absolute Gasteiger partial charge is 0.327 e. The number of esters is 1. The van der Waals surface area contributed by atoms with E-state index in [1.54, 1.807) is 6.07 Å². The fourth-order valence-electron chi connectivity index (χ4n) is 2.22. The third kappa shape index (κ3) is 4.02. The molecule has 134 valence electrons. The maximum atomic E-state index is 12.5. The summed E-state index contributed by atoms with van der Waals surface area (Å²) in [6.45, 7) is 0.878. The van der Waals surface area contributed by atoms with Crippen molar-refractivity contribution in [3.05, 3.63) is 30.6 Å². The Morgan fingerprint density at radius 1 is 1.32 bits per heavy atom. The van der Waals surface area contributed by atoms with Gasteiger partial charge in [0.2, 0.25) is 0 Å². The lowest BCUT2D eigenvalue weighted by Gasteiger charge is -2.10. The highest BCUT2D eigenvalue weighted by Crippen LogP contribution is 2.32. The molecule has 0 fully saturated rings. The number of sulfonamides is 1. The Balaban J connectivity index is 1.78. The van der Waals surface area contributed by atoms with Crippen LogP contribution in [0.25, 0.3) is 0 Å². The maximum absolute atomic E-state index is 12.5. The molecular formula is C15H17N3O6S. The number of nitrogens with zero attached hydrogens (tertiary/aromatic N) is 2. The second-order valence-corrected chi connectivity index (χ2v) is 6.95. The van der Waals surface area contributed by atoms with E-state index in [0.717, 1.165) is 6.42 Å². The van der Waals surface area contributed by atoms with E-state index in [0.29, 0.717) is 24.7 Å². The Morgan fingerprint density at radius 2 is 2.08 bits per heavy atom. The van der Waals surface area contributed by atoms with Gasteiger partial charge in [-0.15, -0.1) is 0 Å². The largest absolute Gasteiger partial charge is 0.490 e. The van der Waals surface area contributed by atoms with Gasteiger partial charge >= 0.3 is 5.97 Å². The highest BCUT2D eigenvalue weighted by Gasteiger charge is 2.19. The summed E-state index contributed by atoms with van der Waals surface area (Å²) in [5, 5.41) is 3.91. The van der Waals surface area contributed by atoms with Gasteiger partial charge in [-0.25, -0.2) is 8.42 Å². The molecule has 9 nitrogen and oxygen atoms in total. The van der Waals surface area contributed by atoms with Crippen molar-refractivity contribution >= 4 is 21.7 Å². The molecular weight excluding hydrogens is 350 g/mol. The first-order chi connectivity index (χ1) is 12.0. The van der Waals surface area contributed by atoms with Gasteiger partial charge in [-0.2, -0.15) is 5.10 Å². The minimum Gasteiger partial charge on any atom is -0.490 e. The predicted octanol–water partition coefficient (Wildman–Crippen LogP) is 1.02. The van der Waals surface area contributed by atoms with Crippen LogP contribution in [-0.4, -0.2) is 44.5 Å². The zero-order valence-corrected chi connectivity index (χ0v) is 14.3. The fraction of sp³-hybridized carbons (Fsp3) is 0.333. The number of ether oxygens (including phenoxy) is 3. The van der Waals surface area contributed by atoms with Crippen LogP contribution in [-0.2, 0) is 26.1 Å². The number of anilines is 1. The van der Waals surface area contributed by atoms with Crippen LogP contribution in [0.1, 0.15) is 6.42 Å². The number of aromatic nitrogens is 2. The summed E-state index contributed by atoms with van der Waals surface area (Å²) in [4.78, 5) is 11.3. The van der Waals surface area contributed by atoms with Gasteiger partial charge in [0, 0.05) is 18.7 Å². The lowest BCUT2D eigenvalue weighted by molar-refractivity contribution is -0.141. The number of fused-ring (bicyclic) bond motifs is 1. The van der Waals surface area contributed by atoms with Gasteiger partial charge in [-0.3, -0.25) is 14.2 Å². The van der Waals surface area contributed by atoms with Crippen LogP contribution in [0, 0.1) is 0 Å². The number of benzene rings is 1. The van der Waals surface area contributed by atoms with Gasteiger partial charge in [0.1, 0.15) is 6.54 Å². The average Bonchev–Trinajstić information content (AvgIpc) is 2.87. The van der Waals surface area contributed by atoms with E-state index in [1.807, 2.05) is 0 Å². The number of methoxy groups -OCH3 is 1. The molecule has 0 spiro atoms. The molecule has 0 aliphatic carbocycles. The van der Waals surface area contributed by atoms with Crippen molar-refractivity contribution in [1.82, 2.24) is 9.78 Å². The van der Waals surface area contributed by atoms with Gasteiger partial charge in [0.15, 0.2) is 11.5 Å². The summed E-state index contributed by atoms with van der Waals surface area (Å²) in [5.41, 5.74) is 0.232. The van der Waals surface area contributed by atoms with Gasteiger partial charge in [0.25, 0.3) is 10.0 Å². The van der Waals surface area contributed by atoms with Crippen LogP contribution >= 0.6 is 0 Å². The van der Waals surface area contributed by atoms with Crippen molar-refractivity contribution in [3.63, 3.8) is 0 Å². The normalized spacial score (nSPS) is 13.8. The first-order valence-corrected chi connectivity index (χ1v) is 8.98. The molecule has 1 aromatic carbocycles. The van der Waals surface area contributed by atoms with Crippen LogP contribution in [0.4, 0.5) is 5.69 Å². The molecule has 2 aromatic rings. The first-order valence-electron chi connectivity index (χ1n) is 7.50. The zero-order valence-electron chi connectivity index (χ0n) is 13.5. The number of rotatable bonds is 5. The molecule has 1 N–H and O–H groups in total. The van der Waals surface area contributed by atoms with Crippen molar-refractivity contribution in [3.8, 4) is 11.5 Å². The molecule has 0 bridgehead atoms.